The van der Waals surface area contributed by atoms with E-state index < -0.39 is 0 Å². The molecule has 110 valence electrons. The Kier molecular flexibility index (Phi) is 6.22. The monoisotopic (exact) mass is 276 g/mol. The van der Waals surface area contributed by atoms with Gasteiger partial charge in [0.05, 0.1) is 0 Å². The number of para-hydroxylation sites is 1. The molecule has 1 aromatic carbocycles. The molecule has 0 aromatic heterocycles. The molecule has 4 heteroatoms. The van der Waals surface area contributed by atoms with Crippen molar-refractivity contribution < 1.29 is 9.59 Å². The van der Waals surface area contributed by atoms with Crippen molar-refractivity contribution in [3.8, 4) is 0 Å². The number of rotatable bonds is 6. The molecular weight excluding hydrogens is 252 g/mol. The van der Waals surface area contributed by atoms with Gasteiger partial charge in [-0.3, -0.25) is 9.59 Å². The summed E-state index contributed by atoms with van der Waals surface area (Å²) in [6.07, 6.45) is 0.731. The van der Waals surface area contributed by atoms with Crippen molar-refractivity contribution in [1.82, 2.24) is 5.32 Å². The summed E-state index contributed by atoms with van der Waals surface area (Å²) in [7, 11) is 0. The number of nitrogens with one attached hydrogen (secondary N) is 2. The number of aryl methyl sites for hydroxylation is 1. The van der Waals surface area contributed by atoms with Crippen LogP contribution in [0.4, 0.5) is 5.69 Å². The van der Waals surface area contributed by atoms with Gasteiger partial charge in [-0.15, -0.1) is 0 Å². The zero-order chi connectivity index (χ0) is 15.1. The van der Waals surface area contributed by atoms with Gasteiger partial charge in [-0.2, -0.15) is 0 Å². The van der Waals surface area contributed by atoms with E-state index in [9.17, 15) is 9.59 Å². The van der Waals surface area contributed by atoms with E-state index in [2.05, 4.69) is 24.5 Å². The summed E-state index contributed by atoms with van der Waals surface area (Å²) in [5, 5.41) is 5.57. The van der Waals surface area contributed by atoms with Gasteiger partial charge in [0.2, 0.25) is 11.8 Å². The number of benzene rings is 1. The molecule has 4 nitrogen and oxygen atoms in total. The summed E-state index contributed by atoms with van der Waals surface area (Å²) in [6.45, 7) is 8.70. The Balaban J connectivity index is 2.73. The normalized spacial score (nSPS) is 10.4. The minimum Gasteiger partial charge on any atom is -0.356 e. The smallest absolute Gasteiger partial charge is 0.233 e. The van der Waals surface area contributed by atoms with E-state index in [4.69, 9.17) is 0 Å². The molecule has 0 radical (unpaired) electrons. The van der Waals surface area contributed by atoms with Gasteiger partial charge in [0.1, 0.15) is 6.42 Å². The Morgan fingerprint density at radius 1 is 1.20 bits per heavy atom. The quantitative estimate of drug-likeness (QED) is 0.785. The number of hydrogen-bond acceptors (Lipinski definition) is 2. The van der Waals surface area contributed by atoms with Gasteiger partial charge >= 0.3 is 0 Å². The minimum atomic E-state index is -0.269. The fourth-order valence-electron chi connectivity index (χ4n) is 2.00. The summed E-state index contributed by atoms with van der Waals surface area (Å²) in [4.78, 5) is 23.5. The first kappa shape index (κ1) is 16.2. The van der Waals surface area contributed by atoms with Gasteiger partial charge < -0.3 is 10.6 Å². The van der Waals surface area contributed by atoms with Gasteiger partial charge in [0, 0.05) is 12.2 Å². The molecule has 0 saturated carbocycles. The fraction of sp³-hybridized carbons (Fsp3) is 0.500. The summed E-state index contributed by atoms with van der Waals surface area (Å²) in [5.74, 6) is -0.182. The van der Waals surface area contributed by atoms with Gasteiger partial charge in [-0.05, 0) is 30.4 Å². The zero-order valence-electron chi connectivity index (χ0n) is 12.7. The van der Waals surface area contributed by atoms with Crippen molar-refractivity contribution >= 4 is 17.5 Å². The summed E-state index contributed by atoms with van der Waals surface area (Å²) < 4.78 is 0. The molecule has 1 rings (SSSR count). The van der Waals surface area contributed by atoms with Crippen LogP contribution in [0.15, 0.2) is 18.2 Å². The van der Waals surface area contributed by atoms with Crippen LogP contribution in [0.2, 0.25) is 0 Å². The number of anilines is 1. The molecule has 2 N–H and O–H groups in total. The lowest BCUT2D eigenvalue weighted by Gasteiger charge is -2.16. The summed E-state index contributed by atoms with van der Waals surface area (Å²) in [6, 6.07) is 5.94. The van der Waals surface area contributed by atoms with Gasteiger partial charge in [0.15, 0.2) is 0 Å². The lowest BCUT2D eigenvalue weighted by Crippen LogP contribution is -2.29. The highest BCUT2D eigenvalue weighted by molar-refractivity contribution is 6.04. The number of hydrogen-bond donors (Lipinski definition) is 2. The first-order chi connectivity index (χ1) is 9.45. The average Bonchev–Trinajstić information content (AvgIpc) is 2.38. The van der Waals surface area contributed by atoms with E-state index in [0.717, 1.165) is 23.2 Å². The van der Waals surface area contributed by atoms with Crippen LogP contribution in [0.1, 0.15) is 50.7 Å². The second-order valence-electron chi connectivity index (χ2n) is 5.27. The lowest BCUT2D eigenvalue weighted by atomic mass is 9.98. The maximum Gasteiger partial charge on any atom is 0.233 e. The highest BCUT2D eigenvalue weighted by Gasteiger charge is 2.14. The molecule has 0 spiro atoms. The molecule has 0 saturated heterocycles. The van der Waals surface area contributed by atoms with Crippen molar-refractivity contribution in [1.29, 1.82) is 0 Å². The van der Waals surface area contributed by atoms with Gasteiger partial charge in [0.25, 0.3) is 0 Å². The Morgan fingerprint density at radius 3 is 2.50 bits per heavy atom. The third-order valence-corrected chi connectivity index (χ3v) is 3.08. The SMILES string of the molecule is CCCNC(=O)CC(=O)Nc1c(C)cccc1C(C)C. The average molecular weight is 276 g/mol. The van der Waals surface area contributed by atoms with Crippen LogP contribution in [0.5, 0.6) is 0 Å². The highest BCUT2D eigenvalue weighted by atomic mass is 16.2. The van der Waals surface area contributed by atoms with Gasteiger partial charge in [-0.25, -0.2) is 0 Å². The van der Waals surface area contributed by atoms with Crippen LogP contribution in [0.25, 0.3) is 0 Å². The van der Waals surface area contributed by atoms with Crippen molar-refractivity contribution in [2.75, 3.05) is 11.9 Å². The Morgan fingerprint density at radius 2 is 1.90 bits per heavy atom. The molecule has 0 unspecified atom stereocenters. The predicted octanol–water partition coefficient (Wildman–Crippen LogP) is 2.97. The minimum absolute atomic E-state index is 0.133. The molecule has 0 bridgehead atoms. The zero-order valence-corrected chi connectivity index (χ0v) is 12.7. The standard InChI is InChI=1S/C16H24N2O2/c1-5-9-17-14(19)10-15(20)18-16-12(4)7-6-8-13(16)11(2)3/h6-8,11H,5,9-10H2,1-4H3,(H,17,19)(H,18,20). The number of amides is 2. The molecule has 0 aliphatic carbocycles. The second kappa shape index (κ2) is 7.68. The Labute approximate surface area is 121 Å². The van der Waals surface area contributed by atoms with Gasteiger partial charge in [-0.1, -0.05) is 39.0 Å². The first-order valence-electron chi connectivity index (χ1n) is 7.11. The Hall–Kier alpha value is -1.84. The molecule has 0 atom stereocenters. The van der Waals surface area contributed by atoms with Crippen molar-refractivity contribution in [3.63, 3.8) is 0 Å². The van der Waals surface area contributed by atoms with E-state index in [1.165, 1.54) is 0 Å². The third-order valence-electron chi connectivity index (χ3n) is 3.08. The molecule has 0 fully saturated rings. The van der Waals surface area contributed by atoms with Crippen LogP contribution in [0.3, 0.4) is 0 Å². The van der Waals surface area contributed by atoms with E-state index in [-0.39, 0.29) is 18.2 Å². The van der Waals surface area contributed by atoms with Crippen LogP contribution < -0.4 is 10.6 Å². The van der Waals surface area contributed by atoms with E-state index in [1.807, 2.05) is 32.0 Å². The largest absolute Gasteiger partial charge is 0.356 e. The highest BCUT2D eigenvalue weighted by Crippen LogP contribution is 2.27. The van der Waals surface area contributed by atoms with Crippen LogP contribution in [-0.2, 0) is 9.59 Å². The van der Waals surface area contributed by atoms with E-state index in [1.54, 1.807) is 0 Å². The number of carbonyl (C=O) groups excluding carboxylic acids is 2. The maximum atomic E-state index is 11.9. The van der Waals surface area contributed by atoms with Crippen molar-refractivity contribution in [2.45, 2.75) is 46.5 Å². The predicted molar refractivity (Wildman–Crippen MR) is 81.8 cm³/mol. The summed E-state index contributed by atoms with van der Waals surface area (Å²) >= 11 is 0. The number of carbonyl (C=O) groups is 2. The topological polar surface area (TPSA) is 58.2 Å². The van der Waals surface area contributed by atoms with Crippen molar-refractivity contribution in [3.05, 3.63) is 29.3 Å². The molecule has 0 aliphatic heterocycles. The Bertz CT molecular complexity index is 481. The fourth-order valence-corrected chi connectivity index (χ4v) is 2.00. The third kappa shape index (κ3) is 4.68. The molecule has 0 heterocycles. The molecular formula is C16H24N2O2. The molecule has 2 amide bonds. The lowest BCUT2D eigenvalue weighted by molar-refractivity contribution is -0.126. The van der Waals surface area contributed by atoms with Crippen LogP contribution in [-0.4, -0.2) is 18.4 Å². The molecule has 1 aromatic rings. The molecule has 0 aliphatic rings. The maximum absolute atomic E-state index is 11.9. The van der Waals surface area contributed by atoms with E-state index in [0.29, 0.717) is 12.5 Å². The van der Waals surface area contributed by atoms with E-state index >= 15 is 0 Å². The second-order valence-corrected chi connectivity index (χ2v) is 5.27. The van der Waals surface area contributed by atoms with Crippen LogP contribution >= 0.6 is 0 Å². The summed E-state index contributed by atoms with van der Waals surface area (Å²) in [5.41, 5.74) is 2.93. The van der Waals surface area contributed by atoms with Crippen molar-refractivity contribution in [2.24, 2.45) is 0 Å². The molecule has 20 heavy (non-hydrogen) atoms. The van der Waals surface area contributed by atoms with Crippen LogP contribution in [0, 0.1) is 6.92 Å². The first-order valence-corrected chi connectivity index (χ1v) is 7.11.